The smallest absolute Gasteiger partial charge is 0.293 e. The van der Waals surface area contributed by atoms with Gasteiger partial charge in [-0.1, -0.05) is 0 Å². The van der Waals surface area contributed by atoms with Crippen molar-refractivity contribution in [3.63, 3.8) is 0 Å². The quantitative estimate of drug-likeness (QED) is 0.670. The molecule has 0 aromatic carbocycles. The Labute approximate surface area is 76.0 Å². The molecule has 0 aliphatic heterocycles. The van der Waals surface area contributed by atoms with Gasteiger partial charge in [-0.05, 0) is 6.92 Å². The summed E-state index contributed by atoms with van der Waals surface area (Å²) >= 11 is 0. The van der Waals surface area contributed by atoms with Crippen LogP contribution in [0, 0.1) is 0 Å². The fraction of sp³-hybridized carbons (Fsp3) is 0.500. The topological polar surface area (TPSA) is 67.2 Å². The molecule has 0 saturated carbocycles. The van der Waals surface area contributed by atoms with Gasteiger partial charge in [0, 0.05) is 25.5 Å². The lowest BCUT2D eigenvalue weighted by atomic mass is 10.5. The molecule has 1 heterocycles. The van der Waals surface area contributed by atoms with Gasteiger partial charge in [0.15, 0.2) is 5.82 Å². The van der Waals surface area contributed by atoms with Crippen molar-refractivity contribution in [1.29, 1.82) is 0 Å². The molecule has 0 saturated heterocycles. The van der Waals surface area contributed by atoms with E-state index in [1.165, 1.54) is 0 Å². The fourth-order valence-corrected chi connectivity index (χ4v) is 0.992. The zero-order chi connectivity index (χ0) is 9.68. The molecular weight excluding hydrogens is 170 g/mol. The van der Waals surface area contributed by atoms with Crippen LogP contribution < -0.4 is 10.9 Å². The van der Waals surface area contributed by atoms with Gasteiger partial charge in [-0.25, -0.2) is 4.98 Å². The number of aromatic nitrogens is 2. The highest BCUT2D eigenvalue weighted by molar-refractivity contribution is 5.30. The molecule has 1 rings (SSSR count). The molecule has 0 fully saturated rings. The van der Waals surface area contributed by atoms with Crippen LogP contribution in [0.3, 0.4) is 0 Å². The van der Waals surface area contributed by atoms with E-state index in [9.17, 15) is 4.79 Å². The van der Waals surface area contributed by atoms with Gasteiger partial charge in [-0.2, -0.15) is 0 Å². The molecule has 5 heteroatoms. The number of aryl methyl sites for hydroxylation is 1. The first-order valence-corrected chi connectivity index (χ1v) is 4.19. The molecule has 1 aromatic rings. The number of rotatable bonds is 4. The van der Waals surface area contributed by atoms with Gasteiger partial charge in [-0.15, -0.1) is 0 Å². The van der Waals surface area contributed by atoms with Crippen LogP contribution in [0.25, 0.3) is 0 Å². The summed E-state index contributed by atoms with van der Waals surface area (Å²) in [7, 11) is 0. The zero-order valence-electron chi connectivity index (χ0n) is 7.53. The molecule has 0 spiro atoms. The van der Waals surface area contributed by atoms with E-state index < -0.39 is 0 Å². The standard InChI is InChI=1S/C8H13N3O2/c1-2-11-5-3-9-7(8(11)13)10-4-6-12/h3,5,12H,2,4,6H2,1H3,(H,9,10). The predicted molar refractivity (Wildman–Crippen MR) is 49.7 cm³/mol. The highest BCUT2D eigenvalue weighted by Crippen LogP contribution is 1.91. The van der Waals surface area contributed by atoms with Crippen LogP contribution in [-0.2, 0) is 6.54 Å². The molecule has 0 bridgehead atoms. The Morgan fingerprint density at radius 1 is 1.69 bits per heavy atom. The van der Waals surface area contributed by atoms with E-state index in [0.29, 0.717) is 18.9 Å². The summed E-state index contributed by atoms with van der Waals surface area (Å²) in [4.78, 5) is 15.3. The number of aliphatic hydroxyl groups is 1. The van der Waals surface area contributed by atoms with Crippen LogP contribution in [0.1, 0.15) is 6.92 Å². The largest absolute Gasteiger partial charge is 0.395 e. The Balaban J connectivity index is 2.88. The van der Waals surface area contributed by atoms with Gasteiger partial charge < -0.3 is 15.0 Å². The van der Waals surface area contributed by atoms with Crippen molar-refractivity contribution >= 4 is 5.82 Å². The van der Waals surface area contributed by atoms with Gasteiger partial charge in [0.1, 0.15) is 0 Å². The minimum absolute atomic E-state index is 0.0118. The SMILES string of the molecule is CCn1ccnc(NCCO)c1=O. The third kappa shape index (κ3) is 2.29. The normalized spacial score (nSPS) is 10.0. The summed E-state index contributed by atoms with van der Waals surface area (Å²) in [6.07, 6.45) is 3.19. The van der Waals surface area contributed by atoms with Crippen LogP contribution in [0.15, 0.2) is 17.2 Å². The highest BCUT2D eigenvalue weighted by Gasteiger charge is 2.01. The molecular formula is C8H13N3O2. The summed E-state index contributed by atoms with van der Waals surface area (Å²) in [5.74, 6) is 0.290. The number of hydrogen-bond donors (Lipinski definition) is 2. The second-order valence-corrected chi connectivity index (χ2v) is 2.52. The molecule has 13 heavy (non-hydrogen) atoms. The second kappa shape index (κ2) is 4.61. The second-order valence-electron chi connectivity index (χ2n) is 2.52. The first-order valence-electron chi connectivity index (χ1n) is 4.19. The Morgan fingerprint density at radius 3 is 3.08 bits per heavy atom. The maximum atomic E-state index is 11.5. The molecule has 0 unspecified atom stereocenters. The summed E-state index contributed by atoms with van der Waals surface area (Å²) in [6.45, 7) is 2.84. The summed E-state index contributed by atoms with van der Waals surface area (Å²) in [5.41, 5.74) is -0.154. The van der Waals surface area contributed by atoms with Crippen molar-refractivity contribution in [1.82, 2.24) is 9.55 Å². The Bertz CT molecular complexity index is 321. The van der Waals surface area contributed by atoms with Crippen molar-refractivity contribution in [2.45, 2.75) is 13.5 Å². The Kier molecular flexibility index (Phi) is 3.45. The van der Waals surface area contributed by atoms with E-state index in [-0.39, 0.29) is 12.2 Å². The lowest BCUT2D eigenvalue weighted by Gasteiger charge is -2.05. The van der Waals surface area contributed by atoms with Crippen molar-refractivity contribution in [3.8, 4) is 0 Å². The monoisotopic (exact) mass is 183 g/mol. The van der Waals surface area contributed by atoms with Crippen LogP contribution in [0.4, 0.5) is 5.82 Å². The molecule has 2 N–H and O–H groups in total. The molecule has 72 valence electrons. The van der Waals surface area contributed by atoms with Crippen LogP contribution in [0.2, 0.25) is 0 Å². The van der Waals surface area contributed by atoms with E-state index in [0.717, 1.165) is 0 Å². The third-order valence-electron chi connectivity index (χ3n) is 1.66. The van der Waals surface area contributed by atoms with Gasteiger partial charge in [0.25, 0.3) is 5.56 Å². The molecule has 5 nitrogen and oxygen atoms in total. The van der Waals surface area contributed by atoms with Gasteiger partial charge in [-0.3, -0.25) is 4.79 Å². The first-order chi connectivity index (χ1) is 6.29. The van der Waals surface area contributed by atoms with E-state index in [1.807, 2.05) is 6.92 Å². The predicted octanol–water partition coefficient (Wildman–Crippen LogP) is -0.333. The first kappa shape index (κ1) is 9.73. The molecule has 0 radical (unpaired) electrons. The van der Waals surface area contributed by atoms with Crippen LogP contribution >= 0.6 is 0 Å². The van der Waals surface area contributed by atoms with Crippen LogP contribution in [0.5, 0.6) is 0 Å². The highest BCUT2D eigenvalue weighted by atomic mass is 16.3. The summed E-state index contributed by atoms with van der Waals surface area (Å²) < 4.78 is 1.55. The average molecular weight is 183 g/mol. The van der Waals surface area contributed by atoms with Crippen molar-refractivity contribution < 1.29 is 5.11 Å². The van der Waals surface area contributed by atoms with E-state index in [4.69, 9.17) is 5.11 Å². The zero-order valence-corrected chi connectivity index (χ0v) is 7.53. The molecule has 0 aliphatic carbocycles. The average Bonchev–Trinajstić information content (AvgIpc) is 2.16. The maximum absolute atomic E-state index is 11.5. The van der Waals surface area contributed by atoms with Gasteiger partial charge in [0.2, 0.25) is 0 Å². The minimum atomic E-state index is -0.154. The third-order valence-corrected chi connectivity index (χ3v) is 1.66. The van der Waals surface area contributed by atoms with Crippen molar-refractivity contribution in [2.75, 3.05) is 18.5 Å². The summed E-state index contributed by atoms with van der Waals surface area (Å²) in [6, 6.07) is 0. The van der Waals surface area contributed by atoms with Crippen molar-refractivity contribution in [3.05, 3.63) is 22.7 Å². The van der Waals surface area contributed by atoms with E-state index >= 15 is 0 Å². The van der Waals surface area contributed by atoms with Crippen LogP contribution in [-0.4, -0.2) is 27.8 Å². The number of anilines is 1. The number of nitrogens with zero attached hydrogens (tertiary/aromatic N) is 2. The number of aliphatic hydroxyl groups excluding tert-OH is 1. The minimum Gasteiger partial charge on any atom is -0.395 e. The Morgan fingerprint density at radius 2 is 2.46 bits per heavy atom. The molecule has 0 aliphatic rings. The molecule has 0 atom stereocenters. The van der Waals surface area contributed by atoms with E-state index in [2.05, 4.69) is 10.3 Å². The van der Waals surface area contributed by atoms with Gasteiger partial charge in [0.05, 0.1) is 6.61 Å². The number of hydrogen-bond acceptors (Lipinski definition) is 4. The summed E-state index contributed by atoms with van der Waals surface area (Å²) in [5, 5.41) is 11.3. The lowest BCUT2D eigenvalue weighted by Crippen LogP contribution is -2.24. The van der Waals surface area contributed by atoms with Gasteiger partial charge >= 0.3 is 0 Å². The Hall–Kier alpha value is -1.36. The number of nitrogens with one attached hydrogen (secondary N) is 1. The molecule has 1 aromatic heterocycles. The molecule has 0 amide bonds. The van der Waals surface area contributed by atoms with E-state index in [1.54, 1.807) is 17.0 Å². The maximum Gasteiger partial charge on any atom is 0.293 e. The lowest BCUT2D eigenvalue weighted by molar-refractivity contribution is 0.311. The fourth-order valence-electron chi connectivity index (χ4n) is 0.992. The van der Waals surface area contributed by atoms with Crippen molar-refractivity contribution in [2.24, 2.45) is 0 Å².